The quantitative estimate of drug-likeness (QED) is 0.138. The average Bonchev–Trinajstić information content (AvgIpc) is 3.76. The minimum Gasteiger partial charge on any atom is -0.309 e. The topological polar surface area (TPSA) is 8.17 Å². The van der Waals surface area contributed by atoms with Crippen molar-refractivity contribution >= 4 is 71.2 Å². The van der Waals surface area contributed by atoms with Crippen LogP contribution in [0.1, 0.15) is 52.7 Å². The molecule has 0 atom stereocenters. The zero-order chi connectivity index (χ0) is 50.3. The Bertz CT molecular complexity index is 4190. The van der Waals surface area contributed by atoms with E-state index in [1.165, 1.54) is 104 Å². The van der Waals surface area contributed by atoms with Crippen molar-refractivity contribution in [1.82, 2.24) is 4.57 Å². The highest BCUT2D eigenvalue weighted by Gasteiger charge is 2.26. The molecule has 0 saturated carbocycles. The van der Waals surface area contributed by atoms with Crippen LogP contribution in [0.3, 0.4) is 0 Å². The van der Waals surface area contributed by atoms with Gasteiger partial charge in [0.2, 0.25) is 0 Å². The number of rotatable bonds is 8. The van der Waals surface area contributed by atoms with E-state index in [1.807, 2.05) is 0 Å². The number of fused-ring (bicyclic) bond motifs is 3. The van der Waals surface area contributed by atoms with Gasteiger partial charge in [0.05, 0.1) is 28.1 Å². The average molecular weight is 951 g/mol. The van der Waals surface area contributed by atoms with Gasteiger partial charge in [0, 0.05) is 32.8 Å². The van der Waals surface area contributed by atoms with Crippen molar-refractivity contribution < 1.29 is 0 Å². The lowest BCUT2D eigenvalue weighted by molar-refractivity contribution is 0.590. The molecule has 0 spiro atoms. The summed E-state index contributed by atoms with van der Waals surface area (Å²) in [6.07, 6.45) is 0. The van der Waals surface area contributed by atoms with Crippen LogP contribution in [0.2, 0.25) is 0 Å². The van der Waals surface area contributed by atoms with E-state index in [1.54, 1.807) is 0 Å². The van der Waals surface area contributed by atoms with Gasteiger partial charge in [0.25, 0.3) is 0 Å². The first-order valence-electron chi connectivity index (χ1n) is 26.1. The molecule has 356 valence electrons. The normalized spacial score (nSPS) is 12.2. The molecule has 0 unspecified atom stereocenters. The van der Waals surface area contributed by atoms with Crippen molar-refractivity contribution in [2.45, 2.75) is 52.4 Å². The predicted octanol–water partition coefficient (Wildman–Crippen LogP) is 20.4. The Labute approximate surface area is 434 Å². The van der Waals surface area contributed by atoms with Gasteiger partial charge in [-0.25, -0.2) is 0 Å². The summed E-state index contributed by atoms with van der Waals surface area (Å²) in [6.45, 7) is 13.9. The second-order valence-corrected chi connectivity index (χ2v) is 22.1. The van der Waals surface area contributed by atoms with Crippen LogP contribution in [-0.2, 0) is 10.8 Å². The van der Waals surface area contributed by atoms with Crippen LogP contribution in [0.4, 0.5) is 17.1 Å². The molecule has 13 rings (SSSR count). The van der Waals surface area contributed by atoms with E-state index >= 15 is 0 Å². The second-order valence-electron chi connectivity index (χ2n) is 22.1. The summed E-state index contributed by atoms with van der Waals surface area (Å²) in [5.74, 6) is 0. The van der Waals surface area contributed by atoms with Crippen LogP contribution in [0.15, 0.2) is 243 Å². The molecule has 1 aromatic heterocycles. The number of aromatic nitrogens is 1. The van der Waals surface area contributed by atoms with Crippen molar-refractivity contribution in [3.05, 3.63) is 254 Å². The van der Waals surface area contributed by atoms with E-state index in [0.717, 1.165) is 28.2 Å². The molecule has 12 aromatic carbocycles. The van der Waals surface area contributed by atoms with Crippen LogP contribution in [-0.4, -0.2) is 4.57 Å². The number of hydrogen-bond acceptors (Lipinski definition) is 1. The lowest BCUT2D eigenvalue weighted by Gasteiger charge is -2.30. The lowest BCUT2D eigenvalue weighted by Crippen LogP contribution is -2.12. The number of para-hydroxylation sites is 1. The summed E-state index contributed by atoms with van der Waals surface area (Å²) in [6, 6.07) is 90.4. The maximum atomic E-state index is 2.53. The smallest absolute Gasteiger partial charge is 0.0541 e. The third kappa shape index (κ3) is 7.55. The van der Waals surface area contributed by atoms with E-state index in [-0.39, 0.29) is 10.8 Å². The number of hydrogen-bond donors (Lipinski definition) is 0. The molecule has 0 radical (unpaired) electrons. The number of nitrogens with zero attached hydrogens (tertiary/aromatic N) is 2. The molecule has 2 nitrogen and oxygen atoms in total. The zero-order valence-electron chi connectivity index (χ0n) is 43.0. The van der Waals surface area contributed by atoms with Crippen molar-refractivity contribution in [2.24, 2.45) is 0 Å². The Morgan fingerprint density at radius 3 is 1.36 bits per heavy atom. The summed E-state index contributed by atoms with van der Waals surface area (Å²) < 4.78 is 2.53. The molecule has 2 heteroatoms. The molecule has 0 fully saturated rings. The fraction of sp³-hybridized carbons (Fsp3) is 0.111. The van der Waals surface area contributed by atoms with Gasteiger partial charge < -0.3 is 9.47 Å². The van der Waals surface area contributed by atoms with Gasteiger partial charge in [0.15, 0.2) is 0 Å². The SMILES string of the molecule is CC(C)(C)c1ccc2c(c1)c1cc(C(C)(C)C)ccc1n2-c1ccc2ccc3c(N(c4cccc(-c5ccccc5-c5ccccc5)c4)c4ccccc4-c4ccccc4-c4ccccc4)ccc4ccc1c2c43. The Morgan fingerprint density at radius 1 is 0.311 bits per heavy atom. The first-order chi connectivity index (χ1) is 36.0. The Kier molecular flexibility index (Phi) is 10.7. The fourth-order valence-corrected chi connectivity index (χ4v) is 11.7. The van der Waals surface area contributed by atoms with Crippen molar-refractivity contribution in [2.75, 3.05) is 4.90 Å². The molecule has 0 saturated heterocycles. The highest BCUT2D eigenvalue weighted by atomic mass is 15.1. The van der Waals surface area contributed by atoms with E-state index in [0.29, 0.717) is 0 Å². The molecule has 0 aliphatic carbocycles. The summed E-state index contributed by atoms with van der Waals surface area (Å²) in [4.78, 5) is 2.52. The first-order valence-corrected chi connectivity index (χ1v) is 26.1. The largest absolute Gasteiger partial charge is 0.309 e. The van der Waals surface area contributed by atoms with Gasteiger partial charge in [-0.05, 0) is 137 Å². The summed E-state index contributed by atoms with van der Waals surface area (Å²) in [5.41, 5.74) is 19.2. The van der Waals surface area contributed by atoms with E-state index in [9.17, 15) is 0 Å². The summed E-state index contributed by atoms with van der Waals surface area (Å²) in [7, 11) is 0. The Balaban J connectivity index is 1.07. The van der Waals surface area contributed by atoms with Gasteiger partial charge in [-0.2, -0.15) is 0 Å². The molecular formula is C72H58N2. The Morgan fingerprint density at radius 2 is 0.770 bits per heavy atom. The van der Waals surface area contributed by atoms with Crippen LogP contribution < -0.4 is 4.90 Å². The van der Waals surface area contributed by atoms with Gasteiger partial charge in [0.1, 0.15) is 0 Å². The fourth-order valence-electron chi connectivity index (χ4n) is 11.7. The van der Waals surface area contributed by atoms with Gasteiger partial charge in [-0.15, -0.1) is 0 Å². The first kappa shape index (κ1) is 45.2. The zero-order valence-corrected chi connectivity index (χ0v) is 43.0. The predicted molar refractivity (Wildman–Crippen MR) is 318 cm³/mol. The van der Waals surface area contributed by atoms with Crippen LogP contribution in [0.5, 0.6) is 0 Å². The standard InChI is InChI=1S/C72H58N2/c1-71(2,3)52-36-42-67-62(45-52)63-46-53(72(4,5)6)37-43-68(63)74(67)66-41-35-50-32-38-60-65(40-34-49-33-39-61(66)70(50)69(49)60)73(54-25-19-24-51(44-54)57-28-14-13-26-55(57)47-20-9-7-10-21-47)64-31-18-17-30-59(64)58-29-16-15-27-56(58)48-22-11-8-12-23-48/h7-46H,1-6H3. The molecular weight excluding hydrogens is 893 g/mol. The van der Waals surface area contributed by atoms with Crippen molar-refractivity contribution in [3.8, 4) is 50.2 Å². The van der Waals surface area contributed by atoms with Crippen molar-refractivity contribution in [3.63, 3.8) is 0 Å². The highest BCUT2D eigenvalue weighted by molar-refractivity contribution is 6.28. The lowest BCUT2D eigenvalue weighted by atomic mass is 9.85. The van der Waals surface area contributed by atoms with Crippen LogP contribution in [0, 0.1) is 0 Å². The molecule has 0 aliphatic rings. The van der Waals surface area contributed by atoms with E-state index < -0.39 is 0 Å². The highest BCUT2D eigenvalue weighted by Crippen LogP contribution is 2.50. The molecule has 0 N–H and O–H groups in total. The Hall–Kier alpha value is -8.72. The molecule has 1 heterocycles. The summed E-state index contributed by atoms with van der Waals surface area (Å²) >= 11 is 0. The number of anilines is 3. The third-order valence-electron chi connectivity index (χ3n) is 15.5. The van der Waals surface area contributed by atoms with Gasteiger partial charge in [-0.3, -0.25) is 0 Å². The molecule has 0 aliphatic heterocycles. The monoisotopic (exact) mass is 950 g/mol. The molecule has 74 heavy (non-hydrogen) atoms. The minimum atomic E-state index is 0.0165. The van der Waals surface area contributed by atoms with Gasteiger partial charge in [-0.1, -0.05) is 230 Å². The van der Waals surface area contributed by atoms with E-state index in [4.69, 9.17) is 0 Å². The van der Waals surface area contributed by atoms with Crippen molar-refractivity contribution in [1.29, 1.82) is 0 Å². The van der Waals surface area contributed by atoms with Crippen LogP contribution >= 0.6 is 0 Å². The molecule has 0 amide bonds. The maximum Gasteiger partial charge on any atom is 0.0541 e. The van der Waals surface area contributed by atoms with Gasteiger partial charge >= 0.3 is 0 Å². The minimum absolute atomic E-state index is 0.0165. The summed E-state index contributed by atoms with van der Waals surface area (Å²) in [5, 5.41) is 10.0. The maximum absolute atomic E-state index is 2.53. The van der Waals surface area contributed by atoms with E-state index in [2.05, 4.69) is 294 Å². The van der Waals surface area contributed by atoms with Crippen LogP contribution in [0.25, 0.3) is 104 Å². The molecule has 13 aromatic rings. The second kappa shape index (κ2) is 17.5. The number of benzene rings is 12. The molecule has 0 bridgehead atoms. The third-order valence-corrected chi connectivity index (χ3v) is 15.5.